The Labute approximate surface area is 89.7 Å². The first kappa shape index (κ1) is 10.0. The lowest BCUT2D eigenvalue weighted by atomic mass is 10.0. The van der Waals surface area contributed by atoms with E-state index in [0.29, 0.717) is 6.61 Å². The van der Waals surface area contributed by atoms with Crippen molar-refractivity contribution >= 4 is 5.90 Å². The second-order valence-electron chi connectivity index (χ2n) is 3.39. The largest absolute Gasteiger partial charge is 0.497 e. The van der Waals surface area contributed by atoms with Gasteiger partial charge in [0.25, 0.3) is 0 Å². The van der Waals surface area contributed by atoms with Gasteiger partial charge in [0.2, 0.25) is 5.90 Å². The fraction of sp³-hybridized carbons (Fsp3) is 0.417. The molecule has 80 valence electrons. The van der Waals surface area contributed by atoms with Crippen LogP contribution >= 0.6 is 0 Å². The van der Waals surface area contributed by atoms with Crippen LogP contribution in [0.2, 0.25) is 0 Å². The molecule has 0 spiro atoms. The van der Waals surface area contributed by atoms with Crippen LogP contribution in [0.3, 0.4) is 0 Å². The Bertz CT molecular complexity index is 385. The predicted octanol–water partition coefficient (Wildman–Crippen LogP) is 2.03. The summed E-state index contributed by atoms with van der Waals surface area (Å²) in [6.07, 6.45) is 0.961. The van der Waals surface area contributed by atoms with E-state index in [9.17, 15) is 0 Å². The van der Waals surface area contributed by atoms with Crippen molar-refractivity contribution in [1.82, 2.24) is 0 Å². The molecule has 1 aliphatic heterocycles. The first-order chi connectivity index (χ1) is 7.35. The third-order valence-electron chi connectivity index (χ3n) is 2.46. The van der Waals surface area contributed by atoms with Crippen molar-refractivity contribution in [2.45, 2.75) is 13.3 Å². The zero-order valence-corrected chi connectivity index (χ0v) is 9.12. The number of rotatable bonds is 2. The van der Waals surface area contributed by atoms with E-state index in [0.717, 1.165) is 30.2 Å². The Hall–Kier alpha value is -1.51. The quantitative estimate of drug-likeness (QED) is 0.739. The molecule has 2 rings (SSSR count). The van der Waals surface area contributed by atoms with Crippen LogP contribution in [0.25, 0.3) is 0 Å². The molecule has 0 radical (unpaired) electrons. The molecule has 3 nitrogen and oxygen atoms in total. The van der Waals surface area contributed by atoms with Gasteiger partial charge in [-0.3, -0.25) is 4.99 Å². The van der Waals surface area contributed by atoms with Gasteiger partial charge in [-0.05, 0) is 37.1 Å². The number of fused-ring (bicyclic) bond motifs is 1. The van der Waals surface area contributed by atoms with Crippen molar-refractivity contribution in [1.29, 1.82) is 0 Å². The molecule has 3 heteroatoms. The number of aliphatic imine (C=N–C) groups is 1. The minimum Gasteiger partial charge on any atom is -0.497 e. The Balaban J connectivity index is 2.35. The molecule has 1 aromatic rings. The standard InChI is InChI=1S/C12H15NO2/c1-3-15-12-11-5-4-10(14-2)8-9(11)6-7-13-12/h4-5,8H,3,6-7H2,1-2H3. The van der Waals surface area contributed by atoms with Crippen LogP contribution in [-0.4, -0.2) is 26.2 Å². The Morgan fingerprint density at radius 1 is 1.40 bits per heavy atom. The van der Waals surface area contributed by atoms with Gasteiger partial charge in [0, 0.05) is 12.1 Å². The van der Waals surface area contributed by atoms with E-state index in [1.165, 1.54) is 5.56 Å². The van der Waals surface area contributed by atoms with Gasteiger partial charge in [0.15, 0.2) is 0 Å². The minimum absolute atomic E-state index is 0.657. The van der Waals surface area contributed by atoms with E-state index in [4.69, 9.17) is 9.47 Å². The summed E-state index contributed by atoms with van der Waals surface area (Å²) in [4.78, 5) is 4.37. The second kappa shape index (κ2) is 4.34. The fourth-order valence-electron chi connectivity index (χ4n) is 1.74. The van der Waals surface area contributed by atoms with Crippen LogP contribution in [-0.2, 0) is 11.2 Å². The summed E-state index contributed by atoms with van der Waals surface area (Å²) >= 11 is 0. The van der Waals surface area contributed by atoms with Crippen molar-refractivity contribution < 1.29 is 9.47 Å². The van der Waals surface area contributed by atoms with Gasteiger partial charge < -0.3 is 9.47 Å². The maximum absolute atomic E-state index is 5.49. The highest BCUT2D eigenvalue weighted by molar-refractivity contribution is 5.96. The smallest absolute Gasteiger partial charge is 0.216 e. The summed E-state index contributed by atoms with van der Waals surface area (Å²) in [5.41, 5.74) is 2.36. The topological polar surface area (TPSA) is 30.8 Å². The van der Waals surface area contributed by atoms with E-state index in [-0.39, 0.29) is 0 Å². The highest BCUT2D eigenvalue weighted by Gasteiger charge is 2.15. The summed E-state index contributed by atoms with van der Waals surface area (Å²) in [7, 11) is 1.68. The van der Waals surface area contributed by atoms with Crippen molar-refractivity contribution in [3.63, 3.8) is 0 Å². The van der Waals surface area contributed by atoms with E-state index < -0.39 is 0 Å². The van der Waals surface area contributed by atoms with Crippen LogP contribution in [0.5, 0.6) is 5.75 Å². The third kappa shape index (κ3) is 1.96. The lowest BCUT2D eigenvalue weighted by molar-refractivity contribution is 0.325. The van der Waals surface area contributed by atoms with Gasteiger partial charge in [-0.1, -0.05) is 0 Å². The SMILES string of the molecule is CCOC1=NCCc2cc(OC)ccc21. The lowest BCUT2D eigenvalue weighted by Crippen LogP contribution is -2.15. The summed E-state index contributed by atoms with van der Waals surface area (Å²) in [5.74, 6) is 1.66. The number of hydrogen-bond acceptors (Lipinski definition) is 3. The molecule has 0 saturated carbocycles. The van der Waals surface area contributed by atoms with E-state index in [1.54, 1.807) is 7.11 Å². The molecule has 1 aromatic carbocycles. The van der Waals surface area contributed by atoms with Crippen LogP contribution < -0.4 is 4.74 Å². The minimum atomic E-state index is 0.657. The molecule has 0 amide bonds. The van der Waals surface area contributed by atoms with E-state index in [2.05, 4.69) is 11.1 Å². The van der Waals surface area contributed by atoms with Crippen LogP contribution in [0, 0.1) is 0 Å². The maximum atomic E-state index is 5.49. The Morgan fingerprint density at radius 3 is 3.00 bits per heavy atom. The molecule has 1 aliphatic rings. The lowest BCUT2D eigenvalue weighted by Gasteiger charge is -2.17. The predicted molar refractivity (Wildman–Crippen MR) is 59.7 cm³/mol. The van der Waals surface area contributed by atoms with Gasteiger partial charge in [-0.25, -0.2) is 0 Å². The molecule has 0 fully saturated rings. The molecular weight excluding hydrogens is 190 g/mol. The summed E-state index contributed by atoms with van der Waals surface area (Å²) in [6, 6.07) is 6.02. The highest BCUT2D eigenvalue weighted by atomic mass is 16.5. The van der Waals surface area contributed by atoms with Crippen molar-refractivity contribution in [2.75, 3.05) is 20.3 Å². The monoisotopic (exact) mass is 205 g/mol. The number of methoxy groups -OCH3 is 1. The van der Waals surface area contributed by atoms with Crippen LogP contribution in [0.4, 0.5) is 0 Å². The molecular formula is C12H15NO2. The summed E-state index contributed by atoms with van der Waals surface area (Å²) in [6.45, 7) is 3.43. The normalized spacial score (nSPS) is 14.1. The molecule has 0 atom stereocenters. The number of hydrogen-bond donors (Lipinski definition) is 0. The zero-order chi connectivity index (χ0) is 10.7. The molecule has 0 bridgehead atoms. The maximum Gasteiger partial charge on any atom is 0.216 e. The van der Waals surface area contributed by atoms with E-state index >= 15 is 0 Å². The first-order valence-corrected chi connectivity index (χ1v) is 5.19. The average molecular weight is 205 g/mol. The summed E-state index contributed by atoms with van der Waals surface area (Å²) < 4.78 is 10.7. The third-order valence-corrected chi connectivity index (χ3v) is 2.46. The molecule has 0 saturated heterocycles. The molecule has 0 N–H and O–H groups in total. The van der Waals surface area contributed by atoms with Gasteiger partial charge in [0.05, 0.1) is 13.7 Å². The average Bonchev–Trinajstić information content (AvgIpc) is 2.29. The molecule has 0 aliphatic carbocycles. The second-order valence-corrected chi connectivity index (χ2v) is 3.39. The van der Waals surface area contributed by atoms with Gasteiger partial charge in [-0.2, -0.15) is 0 Å². The number of ether oxygens (including phenoxy) is 2. The first-order valence-electron chi connectivity index (χ1n) is 5.19. The Kier molecular flexibility index (Phi) is 2.90. The van der Waals surface area contributed by atoms with Gasteiger partial charge >= 0.3 is 0 Å². The summed E-state index contributed by atoms with van der Waals surface area (Å²) in [5, 5.41) is 0. The van der Waals surface area contributed by atoms with Gasteiger partial charge in [-0.15, -0.1) is 0 Å². The van der Waals surface area contributed by atoms with Crippen LogP contribution in [0.1, 0.15) is 18.1 Å². The van der Waals surface area contributed by atoms with Crippen molar-refractivity contribution in [3.8, 4) is 5.75 Å². The Morgan fingerprint density at radius 2 is 2.27 bits per heavy atom. The molecule has 15 heavy (non-hydrogen) atoms. The molecule has 0 unspecified atom stereocenters. The van der Waals surface area contributed by atoms with Crippen LogP contribution in [0.15, 0.2) is 23.2 Å². The van der Waals surface area contributed by atoms with E-state index in [1.807, 2.05) is 19.1 Å². The molecule has 0 aromatic heterocycles. The zero-order valence-electron chi connectivity index (χ0n) is 9.12. The van der Waals surface area contributed by atoms with Gasteiger partial charge in [0.1, 0.15) is 5.75 Å². The number of benzene rings is 1. The fourth-order valence-corrected chi connectivity index (χ4v) is 1.74. The highest BCUT2D eigenvalue weighted by Crippen LogP contribution is 2.22. The molecule has 1 heterocycles. The van der Waals surface area contributed by atoms with Crippen molar-refractivity contribution in [2.24, 2.45) is 4.99 Å². The van der Waals surface area contributed by atoms with Crippen molar-refractivity contribution in [3.05, 3.63) is 29.3 Å². The number of nitrogens with zero attached hydrogens (tertiary/aromatic N) is 1.